The number of ketones is 3. The molecule has 1 aliphatic rings. The first-order valence-electron chi connectivity index (χ1n) is 24.4. The summed E-state index contributed by atoms with van der Waals surface area (Å²) in [7, 11) is -1.03. The number of aliphatic hydroxyl groups is 1. The Morgan fingerprint density at radius 3 is 1.88 bits per heavy atom. The number of carbonyl (C=O) groups is 6. The molecule has 1 unspecified atom stereocenters. The van der Waals surface area contributed by atoms with Gasteiger partial charge in [-0.25, -0.2) is 0 Å². The molecule has 0 radical (unpaired) electrons. The Balaban J connectivity index is 1.56. The number of nitrogens with one attached hydrogen (secondary N) is 3. The van der Waals surface area contributed by atoms with E-state index >= 15 is 0 Å². The molecule has 5 atom stereocenters. The molecule has 0 aromatic heterocycles. The molecule has 72 heavy (non-hydrogen) atoms. The fourth-order valence-corrected chi connectivity index (χ4v) is 9.61. The maximum atomic E-state index is 14.5. The van der Waals surface area contributed by atoms with Gasteiger partial charge in [0.1, 0.15) is 35.2 Å². The van der Waals surface area contributed by atoms with E-state index in [1.54, 1.807) is 38.1 Å². The molecule has 19 heteroatoms. The van der Waals surface area contributed by atoms with Crippen LogP contribution in [-0.4, -0.2) is 139 Å². The number of likely N-dealkylation sites (N-methyl/N-ethyl adjacent to an activating group) is 1. The molecule has 18 nitrogen and oxygen atoms in total. The van der Waals surface area contributed by atoms with E-state index in [4.69, 9.17) is 23.1 Å². The Labute approximate surface area is 424 Å². The molecule has 3 aromatic carbocycles. The molecule has 3 amide bonds. The summed E-state index contributed by atoms with van der Waals surface area (Å²) in [6.45, 7) is 9.50. The van der Waals surface area contributed by atoms with Gasteiger partial charge in [-0.1, -0.05) is 88.4 Å². The smallest absolute Gasteiger partial charge is 0.304 e. The minimum absolute atomic E-state index is 0.0178. The van der Waals surface area contributed by atoms with E-state index in [-0.39, 0.29) is 80.1 Å². The van der Waals surface area contributed by atoms with Crippen LogP contribution in [0.25, 0.3) is 0 Å². The number of Topliss-reactive ketones (excluding diaryl/α,β-unsaturated/α-hetero) is 3. The lowest BCUT2D eigenvalue weighted by atomic mass is 9.86. The van der Waals surface area contributed by atoms with Gasteiger partial charge in [0.25, 0.3) is 5.91 Å². The number of morpholine rings is 1. The zero-order valence-corrected chi connectivity index (χ0v) is 43.7. The number of ether oxygens (including phenoxy) is 4. The van der Waals surface area contributed by atoms with Crippen LogP contribution < -0.4 is 30.2 Å². The van der Waals surface area contributed by atoms with Crippen LogP contribution in [0.1, 0.15) is 77.8 Å². The summed E-state index contributed by atoms with van der Waals surface area (Å²) < 4.78 is 54.3. The summed E-state index contributed by atoms with van der Waals surface area (Å²) in [5.41, 5.74) is -0.761. The van der Waals surface area contributed by atoms with Gasteiger partial charge in [0, 0.05) is 56.9 Å². The number of methoxy groups -OCH3 is 2. The quantitative estimate of drug-likeness (QED) is 0.0658. The number of carbonyl (C=O) groups excluding carboxylic acids is 6. The summed E-state index contributed by atoms with van der Waals surface area (Å²) >= 11 is 0. The van der Waals surface area contributed by atoms with Crippen LogP contribution in [0.15, 0.2) is 77.7 Å². The Morgan fingerprint density at radius 1 is 0.778 bits per heavy atom. The van der Waals surface area contributed by atoms with Crippen LogP contribution in [0, 0.1) is 23.7 Å². The average Bonchev–Trinajstić information content (AvgIpc) is 3.35. The Bertz CT molecular complexity index is 2350. The van der Waals surface area contributed by atoms with E-state index in [2.05, 4.69) is 16.0 Å². The molecular weight excluding hydrogens is 949 g/mol. The standard InChI is InChI=1S/C53H74N4O14S/c1-35(2)25-43(55-51(62)39(20-19-37-15-11-9-12-16-37)28-41(58)32-57-21-23-69-24-22-57)45(59)29-40(27-38-17-13-10-14-18-38)52(63)56-44(26-36(3)4)50(61)53(5,64)34-71-72(65,66)49-46(67-7)30-42(31-47(49)68-8)70-33-48(60)54-6/h9-18,30-31,35-36,39-40,43-44,64H,19-29,32-34H2,1-8H3,(H,54,60)(H,55,62)(H,56,63)/t39-,40-,43+,44+,53?/m1/s1. The number of benzene rings is 3. The molecule has 1 saturated heterocycles. The van der Waals surface area contributed by atoms with E-state index in [1.807, 2.05) is 55.1 Å². The molecule has 0 aliphatic carbocycles. The first-order valence-corrected chi connectivity index (χ1v) is 25.9. The lowest BCUT2D eigenvalue weighted by Crippen LogP contribution is -2.54. The fraction of sp³-hybridized carbons (Fsp3) is 0.547. The number of nitrogens with zero attached hydrogens (tertiary/aromatic N) is 1. The number of rotatable bonds is 31. The first kappa shape index (κ1) is 58.8. The third kappa shape index (κ3) is 18.7. The van der Waals surface area contributed by atoms with Gasteiger partial charge in [-0.05, 0) is 62.0 Å². The van der Waals surface area contributed by atoms with Gasteiger partial charge in [-0.3, -0.25) is 37.9 Å². The number of hydrogen-bond acceptors (Lipinski definition) is 15. The summed E-state index contributed by atoms with van der Waals surface area (Å²) in [5.74, 6) is -5.57. The molecule has 4 N–H and O–H groups in total. The second-order valence-corrected chi connectivity index (χ2v) is 20.8. The van der Waals surface area contributed by atoms with Gasteiger partial charge in [-0.2, -0.15) is 8.42 Å². The third-order valence-electron chi connectivity index (χ3n) is 12.2. The van der Waals surface area contributed by atoms with Crippen molar-refractivity contribution in [3.63, 3.8) is 0 Å². The van der Waals surface area contributed by atoms with Crippen molar-refractivity contribution >= 4 is 45.2 Å². The van der Waals surface area contributed by atoms with E-state index in [0.29, 0.717) is 39.1 Å². The zero-order chi connectivity index (χ0) is 53.0. The van der Waals surface area contributed by atoms with Gasteiger partial charge in [0.05, 0.1) is 46.1 Å². The van der Waals surface area contributed by atoms with Crippen molar-refractivity contribution in [3.8, 4) is 17.2 Å². The second-order valence-electron chi connectivity index (χ2n) is 19.3. The number of amides is 3. The normalized spacial score (nSPS) is 15.6. The predicted molar refractivity (Wildman–Crippen MR) is 269 cm³/mol. The van der Waals surface area contributed by atoms with Crippen LogP contribution >= 0.6 is 0 Å². The van der Waals surface area contributed by atoms with Crippen LogP contribution in [0.3, 0.4) is 0 Å². The van der Waals surface area contributed by atoms with Crippen LogP contribution in [0.4, 0.5) is 0 Å². The van der Waals surface area contributed by atoms with Crippen LogP contribution in [-0.2, 0) is 60.6 Å². The predicted octanol–water partition coefficient (Wildman–Crippen LogP) is 4.27. The molecule has 0 bridgehead atoms. The zero-order valence-electron chi connectivity index (χ0n) is 42.9. The maximum Gasteiger partial charge on any atom is 0.304 e. The Kier molecular flexibility index (Phi) is 23.3. The van der Waals surface area contributed by atoms with Crippen molar-refractivity contribution in [2.24, 2.45) is 23.7 Å². The van der Waals surface area contributed by atoms with Crippen LogP contribution in [0.2, 0.25) is 0 Å². The molecule has 1 aliphatic heterocycles. The van der Waals surface area contributed by atoms with Crippen LogP contribution in [0.5, 0.6) is 17.2 Å². The molecule has 1 fully saturated rings. The highest BCUT2D eigenvalue weighted by Gasteiger charge is 2.41. The molecule has 3 aromatic rings. The number of aryl methyl sites for hydroxylation is 1. The molecule has 4 rings (SSSR count). The topological polar surface area (TPSA) is 242 Å². The highest BCUT2D eigenvalue weighted by molar-refractivity contribution is 7.87. The van der Waals surface area contributed by atoms with Crippen molar-refractivity contribution < 1.29 is 65.4 Å². The lowest BCUT2D eigenvalue weighted by Gasteiger charge is -2.30. The minimum Gasteiger partial charge on any atom is -0.495 e. The van der Waals surface area contributed by atoms with Crippen molar-refractivity contribution in [1.82, 2.24) is 20.9 Å². The van der Waals surface area contributed by atoms with Crippen molar-refractivity contribution in [3.05, 3.63) is 83.9 Å². The molecule has 1 heterocycles. The number of hydrogen-bond donors (Lipinski definition) is 4. The van der Waals surface area contributed by atoms with E-state index in [0.717, 1.165) is 18.1 Å². The lowest BCUT2D eigenvalue weighted by molar-refractivity contribution is -0.143. The van der Waals surface area contributed by atoms with Crippen molar-refractivity contribution in [2.75, 3.05) is 67.3 Å². The second kappa shape index (κ2) is 28.5. The summed E-state index contributed by atoms with van der Waals surface area (Å²) in [4.78, 5) is 84.3. The average molecular weight is 1020 g/mol. The largest absolute Gasteiger partial charge is 0.495 e. The molecule has 396 valence electrons. The molecular formula is C53H74N4O14S. The van der Waals surface area contributed by atoms with E-state index in [1.165, 1.54) is 33.4 Å². The monoisotopic (exact) mass is 1020 g/mol. The summed E-state index contributed by atoms with van der Waals surface area (Å²) in [6, 6.07) is 18.7. The Hall–Kier alpha value is -5.73. The van der Waals surface area contributed by atoms with Gasteiger partial charge in [0.2, 0.25) is 11.8 Å². The van der Waals surface area contributed by atoms with Crippen molar-refractivity contribution in [2.45, 2.75) is 102 Å². The highest BCUT2D eigenvalue weighted by atomic mass is 32.2. The van der Waals surface area contributed by atoms with Gasteiger partial charge in [0.15, 0.2) is 23.1 Å². The van der Waals surface area contributed by atoms with Gasteiger partial charge < -0.3 is 40.0 Å². The minimum atomic E-state index is -4.83. The SMILES string of the molecule is CNC(=O)COc1cc(OC)c(S(=O)(=O)OCC(C)(O)C(=O)[C@H](CC(C)C)NC(=O)[C@@H](CC(=O)[C@H](CC(C)C)NC(=O)[C@H](CCc2ccccc2)CC(=O)CN2CCOCC2)Cc2ccccc2)c(OC)c1. The van der Waals surface area contributed by atoms with Gasteiger partial charge in [-0.15, -0.1) is 0 Å². The Morgan fingerprint density at radius 2 is 1.32 bits per heavy atom. The third-order valence-corrected chi connectivity index (χ3v) is 13.6. The van der Waals surface area contributed by atoms with Crippen molar-refractivity contribution in [1.29, 1.82) is 0 Å². The first-order chi connectivity index (χ1) is 34.2. The summed E-state index contributed by atoms with van der Waals surface area (Å²) in [5, 5.41) is 19.8. The van der Waals surface area contributed by atoms with Gasteiger partial charge >= 0.3 is 10.1 Å². The summed E-state index contributed by atoms with van der Waals surface area (Å²) in [6.07, 6.45) is 0.913. The van der Waals surface area contributed by atoms with E-state index < -0.39 is 80.4 Å². The maximum absolute atomic E-state index is 14.5. The molecule has 0 saturated carbocycles. The molecule has 0 spiro atoms. The fourth-order valence-electron chi connectivity index (χ4n) is 8.33. The highest BCUT2D eigenvalue weighted by Crippen LogP contribution is 2.39. The van der Waals surface area contributed by atoms with E-state index in [9.17, 15) is 42.3 Å².